The first-order valence-electron chi connectivity index (χ1n) is 13.0. The number of rotatable bonds is 10. The average molecular weight is 480 g/mol. The monoisotopic (exact) mass is 479 g/mol. The summed E-state index contributed by atoms with van der Waals surface area (Å²) in [5.74, 6) is 0.854. The first-order valence-corrected chi connectivity index (χ1v) is 13.0. The number of nitrogens with zero attached hydrogens (tertiary/aromatic N) is 3. The van der Waals surface area contributed by atoms with Gasteiger partial charge in [-0.3, -0.25) is 0 Å². The fourth-order valence-electron chi connectivity index (χ4n) is 4.64. The molecule has 0 saturated heterocycles. The molecule has 0 spiro atoms. The minimum atomic E-state index is 0.854. The second-order valence-electron chi connectivity index (χ2n) is 8.79. The van der Waals surface area contributed by atoms with Gasteiger partial charge in [0.1, 0.15) is 5.75 Å². The molecule has 0 aliphatic carbocycles. The molecular formula is C32H37N3O. The van der Waals surface area contributed by atoms with Gasteiger partial charge in [0.2, 0.25) is 0 Å². The van der Waals surface area contributed by atoms with Crippen LogP contribution in [0.25, 0.3) is 33.6 Å². The zero-order valence-electron chi connectivity index (χ0n) is 22.2. The maximum absolute atomic E-state index is 5.37. The topological polar surface area (TPSA) is 28.6 Å². The highest BCUT2D eigenvalue weighted by Crippen LogP contribution is 2.32. The summed E-state index contributed by atoms with van der Waals surface area (Å²) in [7, 11) is 1.70. The molecule has 0 amide bonds. The third kappa shape index (κ3) is 5.54. The van der Waals surface area contributed by atoms with Crippen molar-refractivity contribution in [3.8, 4) is 39.4 Å². The highest BCUT2D eigenvalue weighted by molar-refractivity contribution is 5.77. The highest BCUT2D eigenvalue weighted by Gasteiger charge is 2.11. The summed E-state index contributed by atoms with van der Waals surface area (Å²) in [6.45, 7) is 12.7. The van der Waals surface area contributed by atoms with Crippen molar-refractivity contribution in [2.24, 2.45) is 0 Å². The van der Waals surface area contributed by atoms with E-state index >= 15 is 0 Å². The van der Waals surface area contributed by atoms with Crippen LogP contribution in [-0.2, 0) is 0 Å². The lowest BCUT2D eigenvalue weighted by molar-refractivity contribution is 0.415. The first-order chi connectivity index (χ1) is 17.6. The maximum Gasteiger partial charge on any atom is 0.118 e. The molecule has 0 aliphatic rings. The van der Waals surface area contributed by atoms with E-state index in [1.165, 1.54) is 11.4 Å². The molecule has 0 radical (unpaired) electrons. The van der Waals surface area contributed by atoms with Crippen molar-refractivity contribution >= 4 is 11.4 Å². The Hall–Kier alpha value is -3.79. The van der Waals surface area contributed by atoms with Crippen molar-refractivity contribution in [2.75, 3.05) is 43.1 Å². The van der Waals surface area contributed by atoms with Crippen LogP contribution in [0.2, 0.25) is 0 Å². The molecule has 0 N–H and O–H groups in total. The number of benzene rings is 3. The van der Waals surface area contributed by atoms with Gasteiger partial charge in [-0.15, -0.1) is 0 Å². The fourth-order valence-corrected chi connectivity index (χ4v) is 4.64. The third-order valence-corrected chi connectivity index (χ3v) is 6.83. The maximum atomic E-state index is 5.37. The van der Waals surface area contributed by atoms with E-state index in [9.17, 15) is 0 Å². The van der Waals surface area contributed by atoms with Gasteiger partial charge in [-0.2, -0.15) is 0 Å². The van der Waals surface area contributed by atoms with Crippen LogP contribution in [0.3, 0.4) is 0 Å². The Bertz CT molecular complexity index is 1170. The Balaban J connectivity index is 1.77. The number of ether oxygens (including phenoxy) is 1. The molecule has 0 saturated carbocycles. The first kappa shape index (κ1) is 25.3. The van der Waals surface area contributed by atoms with Crippen LogP contribution < -0.4 is 14.5 Å². The van der Waals surface area contributed by atoms with E-state index < -0.39 is 0 Å². The zero-order valence-corrected chi connectivity index (χ0v) is 22.2. The second-order valence-corrected chi connectivity index (χ2v) is 8.79. The minimum Gasteiger partial charge on any atom is -0.497 e. The summed E-state index contributed by atoms with van der Waals surface area (Å²) >= 11 is 0. The Labute approximate surface area is 216 Å². The smallest absolute Gasteiger partial charge is 0.118 e. The van der Waals surface area contributed by atoms with Crippen LogP contribution in [0.5, 0.6) is 5.75 Å². The van der Waals surface area contributed by atoms with Crippen molar-refractivity contribution in [1.29, 1.82) is 0 Å². The van der Waals surface area contributed by atoms with Crippen LogP contribution >= 0.6 is 0 Å². The van der Waals surface area contributed by atoms with Crippen molar-refractivity contribution < 1.29 is 4.74 Å². The Morgan fingerprint density at radius 3 is 1.28 bits per heavy atom. The van der Waals surface area contributed by atoms with Gasteiger partial charge < -0.3 is 14.5 Å². The molecular weight excluding hydrogens is 442 g/mol. The number of aromatic nitrogens is 1. The van der Waals surface area contributed by atoms with E-state index in [4.69, 9.17) is 9.72 Å². The van der Waals surface area contributed by atoms with Gasteiger partial charge in [0, 0.05) is 48.7 Å². The Morgan fingerprint density at radius 2 is 0.917 bits per heavy atom. The van der Waals surface area contributed by atoms with Crippen molar-refractivity contribution in [3.63, 3.8) is 0 Å². The van der Waals surface area contributed by atoms with Crippen LogP contribution in [0.1, 0.15) is 27.7 Å². The van der Waals surface area contributed by atoms with Gasteiger partial charge in [0.05, 0.1) is 18.5 Å². The molecule has 4 rings (SSSR count). The van der Waals surface area contributed by atoms with Crippen molar-refractivity contribution in [2.45, 2.75) is 27.7 Å². The van der Waals surface area contributed by atoms with E-state index in [1.807, 2.05) is 12.1 Å². The summed E-state index contributed by atoms with van der Waals surface area (Å²) in [5.41, 5.74) is 8.92. The summed E-state index contributed by atoms with van der Waals surface area (Å²) < 4.78 is 5.37. The molecule has 1 aromatic heterocycles. The number of hydrogen-bond donors (Lipinski definition) is 0. The molecule has 186 valence electrons. The van der Waals surface area contributed by atoms with E-state index in [0.717, 1.165) is 65.6 Å². The molecule has 0 aliphatic heterocycles. The Morgan fingerprint density at radius 1 is 0.528 bits per heavy atom. The number of pyridine rings is 1. The third-order valence-electron chi connectivity index (χ3n) is 6.83. The predicted octanol–water partition coefficient (Wildman–Crippen LogP) is 7.78. The molecule has 3 aromatic carbocycles. The number of methoxy groups -OCH3 is 1. The normalized spacial score (nSPS) is 10.8. The number of hydrogen-bond acceptors (Lipinski definition) is 4. The fraction of sp³-hybridized carbons (Fsp3) is 0.281. The van der Waals surface area contributed by atoms with E-state index in [-0.39, 0.29) is 0 Å². The summed E-state index contributed by atoms with van der Waals surface area (Å²) in [6, 6.07) is 30.1. The van der Waals surface area contributed by atoms with Gasteiger partial charge in [-0.1, -0.05) is 36.4 Å². The lowest BCUT2D eigenvalue weighted by Gasteiger charge is -2.21. The van der Waals surface area contributed by atoms with E-state index in [2.05, 4.69) is 110 Å². The molecule has 36 heavy (non-hydrogen) atoms. The van der Waals surface area contributed by atoms with Crippen molar-refractivity contribution in [3.05, 3.63) is 84.9 Å². The van der Waals surface area contributed by atoms with Crippen LogP contribution in [0, 0.1) is 0 Å². The summed E-state index contributed by atoms with van der Waals surface area (Å²) in [5, 5.41) is 0. The van der Waals surface area contributed by atoms with Crippen molar-refractivity contribution in [1.82, 2.24) is 4.98 Å². The molecule has 4 heteroatoms. The Kier molecular flexibility index (Phi) is 8.27. The van der Waals surface area contributed by atoms with Crippen LogP contribution in [0.15, 0.2) is 84.9 Å². The minimum absolute atomic E-state index is 0.854. The summed E-state index contributed by atoms with van der Waals surface area (Å²) in [6.07, 6.45) is 0. The average Bonchev–Trinajstić information content (AvgIpc) is 2.95. The van der Waals surface area contributed by atoms with Crippen LogP contribution in [-0.4, -0.2) is 38.3 Å². The largest absolute Gasteiger partial charge is 0.497 e. The van der Waals surface area contributed by atoms with Gasteiger partial charge >= 0.3 is 0 Å². The van der Waals surface area contributed by atoms with Gasteiger partial charge in [-0.05, 0) is 87.4 Å². The SMILES string of the molecule is CCN(CC)c1ccc(-c2cc(-c3ccc(OC)cc3)cc(-c3ccc(N(CC)CC)cc3)n2)cc1. The molecule has 0 bridgehead atoms. The standard InChI is InChI=1S/C32H37N3O/c1-6-34(7-2)28-16-10-25(11-17-28)31-22-27(24-14-20-30(36-5)21-15-24)23-32(33-31)26-12-18-29(19-13-26)35(8-3)9-4/h10-23H,6-9H2,1-5H3. The predicted molar refractivity (Wildman–Crippen MR) is 154 cm³/mol. The molecule has 0 unspecified atom stereocenters. The highest BCUT2D eigenvalue weighted by atomic mass is 16.5. The quantitative estimate of drug-likeness (QED) is 0.232. The molecule has 1 heterocycles. The second kappa shape index (κ2) is 11.8. The number of anilines is 2. The molecule has 0 fully saturated rings. The molecule has 0 atom stereocenters. The van der Waals surface area contributed by atoms with E-state index in [0.29, 0.717) is 0 Å². The lowest BCUT2D eigenvalue weighted by Crippen LogP contribution is -2.21. The van der Waals surface area contributed by atoms with E-state index in [1.54, 1.807) is 7.11 Å². The summed E-state index contributed by atoms with van der Waals surface area (Å²) in [4.78, 5) is 9.82. The van der Waals surface area contributed by atoms with Gasteiger partial charge in [0.15, 0.2) is 0 Å². The van der Waals surface area contributed by atoms with Crippen LogP contribution in [0.4, 0.5) is 11.4 Å². The zero-order chi connectivity index (χ0) is 25.5. The molecule has 4 nitrogen and oxygen atoms in total. The molecule has 4 aromatic rings. The van der Waals surface area contributed by atoms with Gasteiger partial charge in [-0.25, -0.2) is 4.98 Å². The lowest BCUT2D eigenvalue weighted by atomic mass is 9.99. The van der Waals surface area contributed by atoms with Gasteiger partial charge in [0.25, 0.3) is 0 Å².